The lowest BCUT2D eigenvalue weighted by Gasteiger charge is -2.20. The number of nitrogens with one attached hydrogen (secondary N) is 3. The van der Waals surface area contributed by atoms with Gasteiger partial charge in [0.2, 0.25) is 5.91 Å². The number of aliphatic imine (C=N–C) groups is 1. The molecule has 1 saturated heterocycles. The van der Waals surface area contributed by atoms with Crippen LogP contribution in [0.1, 0.15) is 70.9 Å². The zero-order valence-electron chi connectivity index (χ0n) is 31.3. The van der Waals surface area contributed by atoms with Crippen molar-refractivity contribution < 1.29 is 33.4 Å². The Morgan fingerprint density at radius 1 is 0.907 bits per heavy atom. The lowest BCUT2D eigenvalue weighted by Crippen LogP contribution is -2.35. The topological polar surface area (TPSA) is 158 Å². The zero-order valence-corrected chi connectivity index (χ0v) is 31.3. The Hall–Kier alpha value is -5.89. The van der Waals surface area contributed by atoms with Crippen molar-refractivity contribution in [2.75, 3.05) is 44.0 Å². The molecule has 1 unspecified atom stereocenters. The minimum Gasteiger partial charge on any atom is -0.493 e. The number of benzene rings is 2. The summed E-state index contributed by atoms with van der Waals surface area (Å²) >= 11 is 0. The first-order valence-corrected chi connectivity index (χ1v) is 18.2. The van der Waals surface area contributed by atoms with Gasteiger partial charge in [0.25, 0.3) is 11.8 Å². The molecule has 3 N–H and O–H groups in total. The third kappa shape index (κ3) is 8.83. The zero-order chi connectivity index (χ0) is 38.4. The minimum atomic E-state index is -0.390. The summed E-state index contributed by atoms with van der Waals surface area (Å²) in [5, 5.41) is 8.97. The van der Waals surface area contributed by atoms with Crippen LogP contribution in [0, 0.1) is 0 Å². The van der Waals surface area contributed by atoms with E-state index in [9.17, 15) is 19.2 Å². The maximum atomic E-state index is 13.2. The number of hydrogen-bond donors (Lipinski definition) is 3. The predicted molar refractivity (Wildman–Crippen MR) is 206 cm³/mol. The van der Waals surface area contributed by atoms with Crippen LogP contribution in [0.4, 0.5) is 17.1 Å². The van der Waals surface area contributed by atoms with E-state index in [0.717, 1.165) is 24.0 Å². The van der Waals surface area contributed by atoms with Crippen LogP contribution in [-0.4, -0.2) is 89.4 Å². The van der Waals surface area contributed by atoms with Gasteiger partial charge in [-0.2, -0.15) is 0 Å². The van der Waals surface area contributed by atoms with E-state index in [-0.39, 0.29) is 49.4 Å². The maximum Gasteiger partial charge on any atom is 0.355 e. The maximum absolute atomic E-state index is 13.2. The molecule has 54 heavy (non-hydrogen) atoms. The summed E-state index contributed by atoms with van der Waals surface area (Å²) in [6.45, 7) is 5.88. The fourth-order valence-corrected chi connectivity index (χ4v) is 6.55. The highest BCUT2D eigenvalue weighted by atomic mass is 16.5. The summed E-state index contributed by atoms with van der Waals surface area (Å²) in [6, 6.07) is 14.4. The molecule has 3 amide bonds. The Bertz CT molecular complexity index is 2050. The van der Waals surface area contributed by atoms with Gasteiger partial charge in [0.1, 0.15) is 18.0 Å². The molecule has 0 bridgehead atoms. The Balaban J connectivity index is 0.978. The molecule has 1 fully saturated rings. The van der Waals surface area contributed by atoms with Crippen molar-refractivity contribution >= 4 is 47.0 Å². The van der Waals surface area contributed by atoms with Crippen molar-refractivity contribution in [2.24, 2.45) is 19.1 Å². The number of carbonyl (C=O) groups excluding carboxylic acids is 4. The highest BCUT2D eigenvalue weighted by Gasteiger charge is 2.32. The molecule has 0 aliphatic carbocycles. The van der Waals surface area contributed by atoms with Crippen molar-refractivity contribution in [3.8, 4) is 22.6 Å². The lowest BCUT2D eigenvalue weighted by atomic mass is 10.1. The van der Waals surface area contributed by atoms with Gasteiger partial charge in [-0.15, -0.1) is 0 Å². The van der Waals surface area contributed by atoms with Crippen LogP contribution in [0.15, 0.2) is 65.9 Å². The van der Waals surface area contributed by atoms with E-state index in [1.54, 1.807) is 65.8 Å². The second-order valence-corrected chi connectivity index (χ2v) is 13.7. The second-order valence-electron chi connectivity index (χ2n) is 13.7. The number of ether oxygens (including phenoxy) is 3. The third-order valence-electron chi connectivity index (χ3n) is 9.36. The molecule has 0 radical (unpaired) electrons. The first-order chi connectivity index (χ1) is 26.0. The van der Waals surface area contributed by atoms with Gasteiger partial charge in [0.05, 0.1) is 36.7 Å². The number of amides is 3. The fraction of sp³-hybridized carbons (Fsp3) is 0.375. The average molecular weight is 738 g/mol. The molecule has 2 aromatic heterocycles. The minimum absolute atomic E-state index is 0.00507. The van der Waals surface area contributed by atoms with Crippen molar-refractivity contribution in [1.82, 2.24) is 19.4 Å². The highest BCUT2D eigenvalue weighted by molar-refractivity contribution is 6.05. The second kappa shape index (κ2) is 16.8. The predicted octanol–water partition coefficient (Wildman–Crippen LogP) is 5.56. The summed E-state index contributed by atoms with van der Waals surface area (Å²) in [5.74, 6) is -0.129. The van der Waals surface area contributed by atoms with Crippen LogP contribution in [0.5, 0.6) is 11.5 Å². The van der Waals surface area contributed by atoms with Gasteiger partial charge in [-0.1, -0.05) is 26.0 Å². The number of esters is 1. The Morgan fingerprint density at radius 2 is 1.69 bits per heavy atom. The standard InChI is InChI=1S/C40H47N7O7/c1-25(2)41-14-17-54-40(51)34-18-27(23-45(34)3)26-10-12-28(13-11-26)44-38(49)33-19-29(24-46(33)4)43-37(48)9-7-16-53-36-21-32-31(20-35(36)52-5)39(50)47-15-6-8-30(47)22-42-32/h10-13,18-25,30,41H,6-9,14-17H2,1-5H3,(H,43,48)(H,44,49). The Labute approximate surface area is 314 Å². The third-order valence-corrected chi connectivity index (χ3v) is 9.36. The lowest BCUT2D eigenvalue weighted by molar-refractivity contribution is -0.116. The van der Waals surface area contributed by atoms with Crippen molar-refractivity contribution in [1.29, 1.82) is 0 Å². The number of nitrogens with zero attached hydrogens (tertiary/aromatic N) is 4. The van der Waals surface area contributed by atoms with Crippen LogP contribution >= 0.6 is 0 Å². The SMILES string of the molecule is COc1cc2c(cc1OCCCC(=O)Nc1cc(C(=O)Nc3ccc(-c4cc(C(=O)OCCNC(C)C)n(C)c4)cc3)n(C)c1)N=CC1CCCN1C2=O. The molecule has 6 rings (SSSR count). The van der Waals surface area contributed by atoms with Gasteiger partial charge >= 0.3 is 5.97 Å². The average Bonchev–Trinajstić information content (AvgIpc) is 3.87. The molecule has 2 aliphatic heterocycles. The highest BCUT2D eigenvalue weighted by Crippen LogP contribution is 2.38. The van der Waals surface area contributed by atoms with Gasteiger partial charge in [-0.3, -0.25) is 19.4 Å². The largest absolute Gasteiger partial charge is 0.493 e. The molecule has 1 atom stereocenters. The molecule has 2 aliphatic rings. The van der Waals surface area contributed by atoms with E-state index in [2.05, 4.69) is 20.9 Å². The molecule has 4 aromatic rings. The van der Waals surface area contributed by atoms with Gasteiger partial charge in [-0.05, 0) is 55.2 Å². The molecule has 4 heterocycles. The van der Waals surface area contributed by atoms with E-state index in [0.29, 0.717) is 71.1 Å². The van der Waals surface area contributed by atoms with Crippen LogP contribution in [0.2, 0.25) is 0 Å². The summed E-state index contributed by atoms with van der Waals surface area (Å²) in [6.07, 6.45) is 7.82. The Kier molecular flexibility index (Phi) is 11.8. The van der Waals surface area contributed by atoms with E-state index >= 15 is 0 Å². The smallest absolute Gasteiger partial charge is 0.355 e. The van der Waals surface area contributed by atoms with E-state index < -0.39 is 0 Å². The molecule has 284 valence electrons. The normalized spacial score (nSPS) is 14.7. The number of hydrogen-bond acceptors (Lipinski definition) is 9. The molecule has 14 heteroatoms. The summed E-state index contributed by atoms with van der Waals surface area (Å²) in [4.78, 5) is 58.1. The number of anilines is 2. The van der Waals surface area contributed by atoms with Crippen LogP contribution in [-0.2, 0) is 23.6 Å². The van der Waals surface area contributed by atoms with E-state index in [4.69, 9.17) is 14.2 Å². The quantitative estimate of drug-likeness (QED) is 0.106. The molecule has 0 spiro atoms. The van der Waals surface area contributed by atoms with Gasteiger partial charge in [0, 0.05) is 75.6 Å². The van der Waals surface area contributed by atoms with Gasteiger partial charge in [-0.25, -0.2) is 4.79 Å². The number of rotatable bonds is 15. The fourth-order valence-electron chi connectivity index (χ4n) is 6.55. The van der Waals surface area contributed by atoms with Crippen molar-refractivity contribution in [3.05, 3.63) is 77.9 Å². The van der Waals surface area contributed by atoms with E-state index in [1.807, 2.05) is 43.3 Å². The summed E-state index contributed by atoms with van der Waals surface area (Å²) < 4.78 is 20.3. The van der Waals surface area contributed by atoms with Crippen LogP contribution in [0.3, 0.4) is 0 Å². The monoisotopic (exact) mass is 737 g/mol. The van der Waals surface area contributed by atoms with Crippen molar-refractivity contribution in [3.63, 3.8) is 0 Å². The molecule has 0 saturated carbocycles. The van der Waals surface area contributed by atoms with Gasteiger partial charge < -0.3 is 44.2 Å². The number of carbonyl (C=O) groups is 4. The number of fused-ring (bicyclic) bond motifs is 2. The molecular weight excluding hydrogens is 690 g/mol. The van der Waals surface area contributed by atoms with Crippen LogP contribution in [0.25, 0.3) is 11.1 Å². The summed E-state index contributed by atoms with van der Waals surface area (Å²) in [7, 11) is 5.05. The van der Waals surface area contributed by atoms with Crippen LogP contribution < -0.4 is 25.4 Å². The Morgan fingerprint density at radius 3 is 2.44 bits per heavy atom. The number of methoxy groups -OCH3 is 1. The number of aromatic nitrogens is 2. The van der Waals surface area contributed by atoms with Gasteiger partial charge in [0.15, 0.2) is 11.5 Å². The van der Waals surface area contributed by atoms with E-state index in [1.165, 1.54) is 7.11 Å². The first kappa shape index (κ1) is 37.9. The first-order valence-electron chi connectivity index (χ1n) is 18.2. The number of aryl methyl sites for hydroxylation is 2. The summed E-state index contributed by atoms with van der Waals surface area (Å²) in [5.41, 5.74) is 4.64. The molecule has 2 aromatic carbocycles. The molecular formula is C40H47N7O7. The van der Waals surface area contributed by atoms with Crippen molar-refractivity contribution in [2.45, 2.75) is 51.6 Å². The molecule has 14 nitrogen and oxygen atoms in total.